The molecule has 1 aliphatic heterocycles. The number of hydrogen-bond donors (Lipinski definition) is 1. The first-order valence-corrected chi connectivity index (χ1v) is 8.17. The molecule has 0 amide bonds. The lowest BCUT2D eigenvalue weighted by atomic mass is 10.1. The molecule has 1 aliphatic rings. The van der Waals surface area contributed by atoms with Crippen molar-refractivity contribution in [2.24, 2.45) is 0 Å². The van der Waals surface area contributed by atoms with Gasteiger partial charge in [0.15, 0.2) is 9.84 Å². The first-order valence-electron chi connectivity index (χ1n) is 5.47. The van der Waals surface area contributed by atoms with Crippen LogP contribution in [-0.2, 0) is 15.6 Å². The summed E-state index contributed by atoms with van der Waals surface area (Å²) in [7, 11) is -3.00. The zero-order chi connectivity index (χ0) is 11.4. The van der Waals surface area contributed by atoms with Crippen LogP contribution >= 0.6 is 11.3 Å². The molecule has 1 aromatic heterocycles. The van der Waals surface area contributed by atoms with Crippen molar-refractivity contribution in [3.63, 3.8) is 0 Å². The smallest absolute Gasteiger partial charge is 0.156 e. The van der Waals surface area contributed by atoms with Gasteiger partial charge >= 0.3 is 0 Å². The van der Waals surface area contributed by atoms with Crippen LogP contribution in [0.15, 0.2) is 11.7 Å². The fourth-order valence-corrected chi connectivity index (χ4v) is 4.67. The average Bonchev–Trinajstić information content (AvgIpc) is 2.70. The second-order valence-corrected chi connectivity index (χ2v) is 7.25. The Hall–Kier alpha value is -0.460. The Morgan fingerprint density at radius 3 is 3.00 bits per heavy atom. The lowest BCUT2D eigenvalue weighted by Crippen LogP contribution is -2.39. The van der Waals surface area contributed by atoms with Crippen LogP contribution in [0.25, 0.3) is 0 Å². The van der Waals surface area contributed by atoms with Crippen molar-refractivity contribution in [1.29, 1.82) is 0 Å². The highest BCUT2D eigenvalue weighted by molar-refractivity contribution is 7.90. The summed E-state index contributed by atoms with van der Waals surface area (Å²) >= 11 is 1.40. The molecule has 1 saturated heterocycles. The molecule has 2 heterocycles. The zero-order valence-electron chi connectivity index (χ0n) is 9.05. The van der Waals surface area contributed by atoms with Gasteiger partial charge in [-0.25, -0.2) is 8.42 Å². The number of nitrogens with zero attached hydrogens (tertiary/aromatic N) is 1. The van der Waals surface area contributed by atoms with E-state index < -0.39 is 9.84 Å². The summed E-state index contributed by atoms with van der Waals surface area (Å²) in [6.45, 7) is 0.945. The van der Waals surface area contributed by atoms with E-state index in [1.54, 1.807) is 11.7 Å². The molecule has 1 fully saturated rings. The molecule has 90 valence electrons. The first-order chi connectivity index (χ1) is 7.66. The van der Waals surface area contributed by atoms with Gasteiger partial charge in [-0.15, -0.1) is 11.3 Å². The minimum atomic E-state index is -3.00. The van der Waals surface area contributed by atoms with Crippen molar-refractivity contribution in [3.8, 4) is 0 Å². The van der Waals surface area contributed by atoms with E-state index in [0.29, 0.717) is 0 Å². The monoisotopic (exact) mass is 260 g/mol. The van der Waals surface area contributed by atoms with Gasteiger partial charge in [-0.2, -0.15) is 0 Å². The molecular formula is C10H16N2O2S2. The Bertz CT molecular complexity index is 408. The normalized spacial score (nSPS) is 22.1. The largest absolute Gasteiger partial charge is 0.313 e. The van der Waals surface area contributed by atoms with Gasteiger partial charge in [0.2, 0.25) is 0 Å². The van der Waals surface area contributed by atoms with Crippen molar-refractivity contribution >= 4 is 21.2 Å². The van der Waals surface area contributed by atoms with E-state index >= 15 is 0 Å². The van der Waals surface area contributed by atoms with Gasteiger partial charge in [-0.1, -0.05) is 6.42 Å². The van der Waals surface area contributed by atoms with Gasteiger partial charge in [0, 0.05) is 17.1 Å². The molecule has 6 heteroatoms. The van der Waals surface area contributed by atoms with E-state index in [1.165, 1.54) is 11.3 Å². The van der Waals surface area contributed by atoms with Crippen molar-refractivity contribution in [2.75, 3.05) is 12.3 Å². The number of nitrogens with one attached hydrogen (secondary N) is 1. The summed E-state index contributed by atoms with van der Waals surface area (Å²) in [6.07, 6.45) is 4.90. The fraction of sp³-hybridized carbons (Fsp3) is 0.700. The lowest BCUT2D eigenvalue weighted by molar-refractivity contribution is 0.423. The highest BCUT2D eigenvalue weighted by Gasteiger charge is 2.21. The lowest BCUT2D eigenvalue weighted by Gasteiger charge is -2.22. The molecule has 1 aromatic rings. The third kappa shape index (κ3) is 3.54. The second kappa shape index (κ2) is 5.25. The van der Waals surface area contributed by atoms with Crippen LogP contribution in [0.2, 0.25) is 0 Å². The molecular weight excluding hydrogens is 244 g/mol. The molecule has 0 spiro atoms. The van der Waals surface area contributed by atoms with Crippen LogP contribution in [0.3, 0.4) is 0 Å². The zero-order valence-corrected chi connectivity index (χ0v) is 10.7. The Kier molecular flexibility index (Phi) is 3.94. The van der Waals surface area contributed by atoms with E-state index in [9.17, 15) is 8.42 Å². The summed E-state index contributed by atoms with van der Waals surface area (Å²) in [5, 5.41) is 3.26. The summed E-state index contributed by atoms with van der Waals surface area (Å²) in [5.74, 6) is 0.390. The van der Waals surface area contributed by atoms with E-state index in [4.69, 9.17) is 0 Å². The Morgan fingerprint density at radius 2 is 2.38 bits per heavy atom. The van der Waals surface area contributed by atoms with Crippen molar-refractivity contribution in [3.05, 3.63) is 16.6 Å². The van der Waals surface area contributed by atoms with Crippen LogP contribution in [-0.4, -0.2) is 31.7 Å². The van der Waals surface area contributed by atoms with Gasteiger partial charge in [0.05, 0.1) is 17.0 Å². The summed E-state index contributed by atoms with van der Waals surface area (Å²) in [6, 6.07) is 0.145. The predicted molar refractivity (Wildman–Crippen MR) is 65.2 cm³/mol. The third-order valence-corrected chi connectivity index (χ3v) is 5.34. The molecule has 0 aliphatic carbocycles. The van der Waals surface area contributed by atoms with Gasteiger partial charge < -0.3 is 5.32 Å². The number of aromatic nitrogens is 1. The summed E-state index contributed by atoms with van der Waals surface area (Å²) < 4.78 is 23.8. The fourth-order valence-electron chi connectivity index (χ4n) is 1.96. The van der Waals surface area contributed by atoms with Crippen LogP contribution in [0.5, 0.6) is 0 Å². The van der Waals surface area contributed by atoms with Crippen LogP contribution in [0, 0.1) is 0 Å². The maximum atomic E-state index is 11.9. The van der Waals surface area contributed by atoms with Crippen LogP contribution in [0.4, 0.5) is 0 Å². The highest BCUT2D eigenvalue weighted by atomic mass is 32.2. The van der Waals surface area contributed by atoms with E-state index in [1.807, 2.05) is 0 Å². The molecule has 0 radical (unpaired) electrons. The first kappa shape index (κ1) is 12.0. The van der Waals surface area contributed by atoms with Crippen molar-refractivity contribution < 1.29 is 8.42 Å². The second-order valence-electron chi connectivity index (χ2n) is 4.17. The predicted octanol–water partition coefficient (Wildman–Crippen LogP) is 1.20. The molecule has 0 aromatic carbocycles. The van der Waals surface area contributed by atoms with Crippen molar-refractivity contribution in [2.45, 2.75) is 31.1 Å². The topological polar surface area (TPSA) is 59.1 Å². The minimum Gasteiger partial charge on any atom is -0.313 e. The van der Waals surface area contributed by atoms with E-state index in [-0.39, 0.29) is 17.5 Å². The molecule has 16 heavy (non-hydrogen) atoms. The van der Waals surface area contributed by atoms with Crippen molar-refractivity contribution in [1.82, 2.24) is 10.3 Å². The summed E-state index contributed by atoms with van der Waals surface area (Å²) in [5.41, 5.74) is 1.67. The molecule has 0 unspecified atom stereocenters. The van der Waals surface area contributed by atoms with Gasteiger partial charge in [-0.05, 0) is 19.4 Å². The Labute approximate surface area is 100 Å². The average molecular weight is 260 g/mol. The Morgan fingerprint density at radius 1 is 1.50 bits per heavy atom. The number of hydrogen-bond acceptors (Lipinski definition) is 5. The SMILES string of the molecule is O=S(=O)(Cc1cncs1)C[C@@H]1CCCCN1. The number of sulfone groups is 1. The number of thiazole rings is 1. The standard InChI is InChI=1S/C10H16N2O2S2/c13-16(14,7-10-5-11-8-15-10)6-9-3-1-2-4-12-9/h5,8-9,12H,1-4,6-7H2/t9-/m0/s1. The van der Waals surface area contributed by atoms with Crippen LogP contribution in [0.1, 0.15) is 24.1 Å². The third-order valence-electron chi connectivity index (χ3n) is 2.71. The molecule has 1 atom stereocenters. The van der Waals surface area contributed by atoms with Gasteiger partial charge in [-0.3, -0.25) is 4.98 Å². The number of rotatable bonds is 4. The molecule has 2 rings (SSSR count). The Balaban J connectivity index is 1.92. The quantitative estimate of drug-likeness (QED) is 0.884. The number of piperidine rings is 1. The molecule has 0 bridgehead atoms. The molecule has 4 nitrogen and oxygen atoms in total. The van der Waals surface area contributed by atoms with Gasteiger partial charge in [0.1, 0.15) is 0 Å². The molecule has 0 saturated carbocycles. The maximum absolute atomic E-state index is 11.9. The van der Waals surface area contributed by atoms with Crippen LogP contribution < -0.4 is 5.32 Å². The maximum Gasteiger partial charge on any atom is 0.156 e. The highest BCUT2D eigenvalue weighted by Crippen LogP contribution is 2.14. The minimum absolute atomic E-state index is 0.135. The molecule has 1 N–H and O–H groups in total. The van der Waals surface area contributed by atoms with Gasteiger partial charge in [0.25, 0.3) is 0 Å². The van der Waals surface area contributed by atoms with E-state index in [0.717, 1.165) is 30.7 Å². The van der Waals surface area contributed by atoms with E-state index in [2.05, 4.69) is 10.3 Å². The summed E-state index contributed by atoms with van der Waals surface area (Å²) in [4.78, 5) is 4.72.